The third-order valence-electron chi connectivity index (χ3n) is 1.36. The third kappa shape index (κ3) is 2.14. The van der Waals surface area contributed by atoms with Crippen LogP contribution in [0.1, 0.15) is 13.9 Å². The smallest absolute Gasteiger partial charge is 0.211 e. The number of hydrogen-bond acceptors (Lipinski definition) is 1. The van der Waals surface area contributed by atoms with Gasteiger partial charge in [-0.2, -0.15) is 0 Å². The van der Waals surface area contributed by atoms with Gasteiger partial charge in [0.05, 0.1) is 0 Å². The Morgan fingerprint density at radius 1 is 1.58 bits per heavy atom. The van der Waals surface area contributed by atoms with Crippen LogP contribution in [0.3, 0.4) is 0 Å². The molecule has 0 aliphatic rings. The number of anilines is 1. The zero-order valence-electron chi connectivity index (χ0n) is 6.79. The highest BCUT2D eigenvalue weighted by molar-refractivity contribution is 5.71. The number of amides is 1. The molecule has 2 heteroatoms. The summed E-state index contributed by atoms with van der Waals surface area (Å²) in [5, 5.41) is 2.56. The van der Waals surface area contributed by atoms with Crippen molar-refractivity contribution in [2.75, 3.05) is 5.32 Å². The van der Waals surface area contributed by atoms with Crippen LogP contribution in [0.5, 0.6) is 0 Å². The second-order valence-electron chi connectivity index (χ2n) is 2.22. The molecule has 1 rings (SSSR count). The maximum absolute atomic E-state index is 10.1. The molecule has 1 aromatic rings. The molecule has 0 aliphatic carbocycles. The van der Waals surface area contributed by atoms with Crippen LogP contribution < -0.4 is 5.32 Å². The predicted octanol–water partition coefficient (Wildman–Crippen LogP) is 1.87. The van der Waals surface area contributed by atoms with Crippen LogP contribution in [0, 0.1) is 11.8 Å². The molecule has 0 spiro atoms. The summed E-state index contributed by atoms with van der Waals surface area (Å²) < 4.78 is 0. The summed E-state index contributed by atoms with van der Waals surface area (Å²) in [5.41, 5.74) is 1.68. The highest BCUT2D eigenvalue weighted by Crippen LogP contribution is 2.08. The van der Waals surface area contributed by atoms with Gasteiger partial charge in [-0.05, 0) is 25.1 Å². The Labute approximate surface area is 73.1 Å². The van der Waals surface area contributed by atoms with Crippen molar-refractivity contribution in [1.29, 1.82) is 0 Å². The van der Waals surface area contributed by atoms with Crippen LogP contribution in [0.25, 0.3) is 0 Å². The van der Waals surface area contributed by atoms with Gasteiger partial charge in [-0.15, -0.1) is 5.92 Å². The minimum Gasteiger partial charge on any atom is -0.329 e. The molecule has 0 radical (unpaired) electrons. The van der Waals surface area contributed by atoms with Gasteiger partial charge in [-0.25, -0.2) is 0 Å². The molecule has 2 nitrogen and oxygen atoms in total. The van der Waals surface area contributed by atoms with E-state index in [4.69, 9.17) is 0 Å². The standard InChI is InChI=1S/C10H9NO.H2/c1-2-4-9-5-3-6-10(7-9)11-8-12;/h3,5-8H,1H3,(H,11,12);1H. The summed E-state index contributed by atoms with van der Waals surface area (Å²) in [6, 6.07) is 7.39. The van der Waals surface area contributed by atoms with Crippen molar-refractivity contribution >= 4 is 12.1 Å². The number of carbonyl (C=O) groups is 1. The molecule has 1 N–H and O–H groups in total. The highest BCUT2D eigenvalue weighted by atomic mass is 16.1. The van der Waals surface area contributed by atoms with E-state index in [-0.39, 0.29) is 1.43 Å². The molecule has 0 unspecified atom stereocenters. The predicted molar refractivity (Wildman–Crippen MR) is 50.8 cm³/mol. The second kappa shape index (κ2) is 4.20. The first kappa shape index (κ1) is 8.35. The van der Waals surface area contributed by atoms with E-state index >= 15 is 0 Å². The summed E-state index contributed by atoms with van der Waals surface area (Å²) in [6.45, 7) is 1.78. The maximum Gasteiger partial charge on any atom is 0.211 e. The van der Waals surface area contributed by atoms with E-state index in [1.807, 2.05) is 24.3 Å². The van der Waals surface area contributed by atoms with Crippen LogP contribution in [-0.4, -0.2) is 6.41 Å². The monoisotopic (exact) mass is 161 g/mol. The molecule has 0 aliphatic heterocycles. The quantitative estimate of drug-likeness (QED) is 0.520. The van der Waals surface area contributed by atoms with Crippen molar-refractivity contribution in [2.45, 2.75) is 6.92 Å². The van der Waals surface area contributed by atoms with Crippen LogP contribution in [-0.2, 0) is 4.79 Å². The highest BCUT2D eigenvalue weighted by Gasteiger charge is 1.89. The first-order chi connectivity index (χ1) is 5.86. The minimum absolute atomic E-state index is 0. The van der Waals surface area contributed by atoms with Gasteiger partial charge in [0.25, 0.3) is 0 Å². The molecule has 62 valence electrons. The third-order valence-corrected chi connectivity index (χ3v) is 1.36. The van der Waals surface area contributed by atoms with E-state index in [0.29, 0.717) is 6.41 Å². The van der Waals surface area contributed by atoms with Crippen molar-refractivity contribution in [1.82, 2.24) is 0 Å². The van der Waals surface area contributed by atoms with Gasteiger partial charge >= 0.3 is 0 Å². The average Bonchev–Trinajstić information content (AvgIpc) is 2.06. The molecule has 0 saturated carbocycles. The summed E-state index contributed by atoms with van der Waals surface area (Å²) in [6.07, 6.45) is 0.651. The van der Waals surface area contributed by atoms with Crippen LogP contribution >= 0.6 is 0 Å². The van der Waals surface area contributed by atoms with E-state index < -0.39 is 0 Å². The lowest BCUT2D eigenvalue weighted by molar-refractivity contribution is -0.105. The maximum atomic E-state index is 10.1. The molecule has 12 heavy (non-hydrogen) atoms. The first-order valence-electron chi connectivity index (χ1n) is 3.60. The average molecular weight is 161 g/mol. The summed E-state index contributed by atoms with van der Waals surface area (Å²) in [7, 11) is 0. The normalized spacial score (nSPS) is 8.08. The lowest BCUT2D eigenvalue weighted by Crippen LogP contribution is -1.93. The number of rotatable bonds is 2. The van der Waals surface area contributed by atoms with Gasteiger partial charge in [0.1, 0.15) is 0 Å². The van der Waals surface area contributed by atoms with Gasteiger partial charge in [-0.1, -0.05) is 12.0 Å². The Kier molecular flexibility index (Phi) is 2.92. The van der Waals surface area contributed by atoms with E-state index in [9.17, 15) is 4.79 Å². The molecule has 1 aromatic carbocycles. The van der Waals surface area contributed by atoms with Gasteiger partial charge in [0.15, 0.2) is 0 Å². The molecule has 1 amide bonds. The molecular formula is C10H11NO. The minimum atomic E-state index is 0. The molecular weight excluding hydrogens is 150 g/mol. The number of benzene rings is 1. The van der Waals surface area contributed by atoms with Crippen molar-refractivity contribution in [2.24, 2.45) is 0 Å². The zero-order chi connectivity index (χ0) is 8.81. The van der Waals surface area contributed by atoms with E-state index in [2.05, 4.69) is 17.2 Å². The van der Waals surface area contributed by atoms with Crippen LogP contribution in [0.15, 0.2) is 24.3 Å². The topological polar surface area (TPSA) is 29.1 Å². The fourth-order valence-corrected chi connectivity index (χ4v) is 0.899. The summed E-state index contributed by atoms with van der Waals surface area (Å²) >= 11 is 0. The lowest BCUT2D eigenvalue weighted by atomic mass is 10.2. The molecule has 0 saturated heterocycles. The molecule has 0 aromatic heterocycles. The van der Waals surface area contributed by atoms with Crippen molar-refractivity contribution < 1.29 is 6.22 Å². The summed E-state index contributed by atoms with van der Waals surface area (Å²) in [5.74, 6) is 5.69. The molecule has 0 fully saturated rings. The van der Waals surface area contributed by atoms with E-state index in [1.165, 1.54) is 0 Å². The SMILES string of the molecule is CC#Cc1cccc(NC=O)c1.[HH]. The van der Waals surface area contributed by atoms with Crippen LogP contribution in [0.2, 0.25) is 0 Å². The van der Waals surface area contributed by atoms with Gasteiger partial charge in [-0.3, -0.25) is 4.79 Å². The van der Waals surface area contributed by atoms with Gasteiger partial charge in [0.2, 0.25) is 6.41 Å². The Morgan fingerprint density at radius 3 is 3.08 bits per heavy atom. The lowest BCUT2D eigenvalue weighted by Gasteiger charge is -1.97. The van der Waals surface area contributed by atoms with Gasteiger partial charge in [0, 0.05) is 12.7 Å². The molecule has 0 bridgehead atoms. The molecule has 0 heterocycles. The Bertz CT molecular complexity index is 338. The Balaban J connectivity index is 0.00000144. The van der Waals surface area contributed by atoms with Crippen molar-refractivity contribution in [3.05, 3.63) is 29.8 Å². The largest absolute Gasteiger partial charge is 0.329 e. The van der Waals surface area contributed by atoms with Crippen molar-refractivity contribution in [3.8, 4) is 11.8 Å². The van der Waals surface area contributed by atoms with Crippen LogP contribution in [0.4, 0.5) is 5.69 Å². The number of nitrogens with one attached hydrogen (secondary N) is 1. The van der Waals surface area contributed by atoms with Crippen molar-refractivity contribution in [3.63, 3.8) is 0 Å². The second-order valence-corrected chi connectivity index (χ2v) is 2.22. The fraction of sp³-hybridized carbons (Fsp3) is 0.100. The fourth-order valence-electron chi connectivity index (χ4n) is 0.899. The Morgan fingerprint density at radius 2 is 2.42 bits per heavy atom. The number of hydrogen-bond donors (Lipinski definition) is 1. The van der Waals surface area contributed by atoms with E-state index in [0.717, 1.165) is 11.3 Å². The Hall–Kier alpha value is -1.75. The summed E-state index contributed by atoms with van der Waals surface area (Å²) in [4.78, 5) is 10.1. The van der Waals surface area contributed by atoms with E-state index in [1.54, 1.807) is 6.92 Å². The van der Waals surface area contributed by atoms with Gasteiger partial charge < -0.3 is 5.32 Å². The molecule has 0 atom stereocenters. The zero-order valence-corrected chi connectivity index (χ0v) is 6.79. The number of carbonyl (C=O) groups excluding carboxylic acids is 1. The first-order valence-corrected chi connectivity index (χ1v) is 3.60.